The number of rotatable bonds is 5. The van der Waals surface area contributed by atoms with Gasteiger partial charge in [0.1, 0.15) is 0 Å². The average Bonchev–Trinajstić information content (AvgIpc) is 2.26. The Morgan fingerprint density at radius 2 is 2.13 bits per heavy atom. The maximum Gasteiger partial charge on any atom is 0.337 e. The van der Waals surface area contributed by atoms with Crippen LogP contribution in [0.4, 0.5) is 0 Å². The molecule has 1 rings (SSSR count). The van der Waals surface area contributed by atoms with Gasteiger partial charge in [-0.25, -0.2) is 9.78 Å². The summed E-state index contributed by atoms with van der Waals surface area (Å²) in [7, 11) is 0. The Labute approximate surface area is 93.9 Å². The molecule has 0 radical (unpaired) electrons. The third-order valence-corrected chi connectivity index (χ3v) is 3.66. The number of hydrogen-bond donors (Lipinski definition) is 1. The van der Waals surface area contributed by atoms with Crippen LogP contribution < -0.4 is 0 Å². The Morgan fingerprint density at radius 1 is 1.47 bits per heavy atom. The van der Waals surface area contributed by atoms with Crippen LogP contribution in [0, 0.1) is 0 Å². The number of carbonyl (C=O) groups is 1. The molecule has 4 heteroatoms. The molecule has 0 bridgehead atoms. The molecular formula is C11H15NO2S. The van der Waals surface area contributed by atoms with E-state index in [9.17, 15) is 4.79 Å². The molecule has 0 aliphatic rings. The highest BCUT2D eigenvalue weighted by atomic mass is 32.2. The first-order valence-corrected chi connectivity index (χ1v) is 5.91. The number of thioether (sulfide) groups is 1. The summed E-state index contributed by atoms with van der Waals surface area (Å²) in [6, 6.07) is 3.37. The molecule has 0 saturated carbocycles. The second-order valence-electron chi connectivity index (χ2n) is 3.25. The maximum atomic E-state index is 10.6. The van der Waals surface area contributed by atoms with E-state index in [1.165, 1.54) is 6.20 Å². The molecule has 1 aromatic rings. The summed E-state index contributed by atoms with van der Waals surface area (Å²) in [6.45, 7) is 4.29. The number of hydrogen-bond acceptors (Lipinski definition) is 3. The summed E-state index contributed by atoms with van der Waals surface area (Å²) in [6.07, 6.45) is 3.61. The monoisotopic (exact) mass is 225 g/mol. The highest BCUT2D eigenvalue weighted by Gasteiger charge is 2.08. The Hall–Kier alpha value is -1.03. The van der Waals surface area contributed by atoms with Crippen LogP contribution in [0.3, 0.4) is 0 Å². The van der Waals surface area contributed by atoms with Gasteiger partial charge in [-0.05, 0) is 25.0 Å². The van der Waals surface area contributed by atoms with Gasteiger partial charge in [0.25, 0.3) is 0 Å². The van der Waals surface area contributed by atoms with Gasteiger partial charge >= 0.3 is 5.97 Å². The third-order valence-electron chi connectivity index (χ3n) is 2.18. The Balaban J connectivity index is 2.67. The lowest BCUT2D eigenvalue weighted by atomic mass is 10.3. The fraction of sp³-hybridized carbons (Fsp3) is 0.455. The van der Waals surface area contributed by atoms with Gasteiger partial charge in [0.15, 0.2) is 0 Å². The van der Waals surface area contributed by atoms with Crippen molar-refractivity contribution in [1.29, 1.82) is 0 Å². The fourth-order valence-corrected chi connectivity index (χ4v) is 2.14. The molecule has 0 unspecified atom stereocenters. The molecule has 1 heterocycles. The Bertz CT molecular complexity index is 320. The normalized spacial score (nSPS) is 10.6. The van der Waals surface area contributed by atoms with Crippen LogP contribution in [0.15, 0.2) is 23.4 Å². The molecular weight excluding hydrogens is 210 g/mol. The number of pyridine rings is 1. The predicted molar refractivity (Wildman–Crippen MR) is 61.4 cm³/mol. The standard InChI is InChI=1S/C11H15NO2S/c1-3-9(4-2)15-10-6-5-8(7-12-10)11(13)14/h5-7,9H,3-4H2,1-2H3,(H,13,14). The highest BCUT2D eigenvalue weighted by molar-refractivity contribution is 7.99. The van der Waals surface area contributed by atoms with E-state index >= 15 is 0 Å². The second kappa shape index (κ2) is 5.75. The van der Waals surface area contributed by atoms with Crippen LogP contribution in [0.5, 0.6) is 0 Å². The number of carboxylic acids is 1. The van der Waals surface area contributed by atoms with E-state index in [4.69, 9.17) is 5.11 Å². The molecule has 0 aliphatic carbocycles. The summed E-state index contributed by atoms with van der Waals surface area (Å²) < 4.78 is 0. The van der Waals surface area contributed by atoms with Gasteiger partial charge in [0.05, 0.1) is 10.6 Å². The van der Waals surface area contributed by atoms with Crippen molar-refractivity contribution in [2.24, 2.45) is 0 Å². The number of aromatic carboxylic acids is 1. The van der Waals surface area contributed by atoms with E-state index < -0.39 is 5.97 Å². The van der Waals surface area contributed by atoms with Crippen molar-refractivity contribution in [2.75, 3.05) is 0 Å². The van der Waals surface area contributed by atoms with Crippen molar-refractivity contribution >= 4 is 17.7 Å². The molecule has 82 valence electrons. The van der Waals surface area contributed by atoms with Crippen molar-refractivity contribution in [3.05, 3.63) is 23.9 Å². The SMILES string of the molecule is CCC(CC)Sc1ccc(C(=O)O)cn1. The second-order valence-corrected chi connectivity index (χ2v) is 4.57. The molecule has 1 aromatic heterocycles. The van der Waals surface area contributed by atoms with Crippen LogP contribution in [0.1, 0.15) is 37.0 Å². The summed E-state index contributed by atoms with van der Waals surface area (Å²) >= 11 is 1.71. The summed E-state index contributed by atoms with van der Waals surface area (Å²) in [5.41, 5.74) is 0.240. The topological polar surface area (TPSA) is 50.2 Å². The largest absolute Gasteiger partial charge is 0.478 e. The van der Waals surface area contributed by atoms with E-state index in [1.54, 1.807) is 23.9 Å². The van der Waals surface area contributed by atoms with Crippen molar-refractivity contribution in [2.45, 2.75) is 37.0 Å². The first-order valence-electron chi connectivity index (χ1n) is 5.03. The first kappa shape index (κ1) is 12.0. The van der Waals surface area contributed by atoms with Gasteiger partial charge in [-0.2, -0.15) is 0 Å². The summed E-state index contributed by atoms with van der Waals surface area (Å²) in [4.78, 5) is 14.7. The van der Waals surface area contributed by atoms with E-state index in [0.717, 1.165) is 17.9 Å². The summed E-state index contributed by atoms with van der Waals surface area (Å²) in [5, 5.41) is 10.2. The predicted octanol–water partition coefficient (Wildman–Crippen LogP) is 3.06. The van der Waals surface area contributed by atoms with Crippen molar-refractivity contribution in [3.63, 3.8) is 0 Å². The molecule has 0 saturated heterocycles. The van der Waals surface area contributed by atoms with Crippen molar-refractivity contribution < 1.29 is 9.90 Å². The molecule has 0 aromatic carbocycles. The van der Waals surface area contributed by atoms with Crippen LogP contribution in [-0.4, -0.2) is 21.3 Å². The smallest absolute Gasteiger partial charge is 0.337 e. The van der Waals surface area contributed by atoms with Crippen LogP contribution in [0.2, 0.25) is 0 Å². The lowest BCUT2D eigenvalue weighted by molar-refractivity contribution is 0.0696. The van der Waals surface area contributed by atoms with E-state index in [-0.39, 0.29) is 5.56 Å². The first-order chi connectivity index (χ1) is 7.17. The van der Waals surface area contributed by atoms with Crippen LogP contribution in [0.25, 0.3) is 0 Å². The molecule has 0 spiro atoms. The Morgan fingerprint density at radius 3 is 2.53 bits per heavy atom. The minimum absolute atomic E-state index is 0.240. The van der Waals surface area contributed by atoms with Crippen molar-refractivity contribution in [3.8, 4) is 0 Å². The molecule has 0 aliphatic heterocycles. The van der Waals surface area contributed by atoms with Crippen LogP contribution in [-0.2, 0) is 0 Å². The van der Waals surface area contributed by atoms with Gasteiger partial charge < -0.3 is 5.11 Å². The van der Waals surface area contributed by atoms with Gasteiger partial charge in [-0.15, -0.1) is 11.8 Å². The van der Waals surface area contributed by atoms with Gasteiger partial charge in [0, 0.05) is 11.4 Å². The van der Waals surface area contributed by atoms with E-state index in [2.05, 4.69) is 18.8 Å². The average molecular weight is 225 g/mol. The van der Waals surface area contributed by atoms with Gasteiger partial charge in [-0.1, -0.05) is 13.8 Å². The Kier molecular flexibility index (Phi) is 4.62. The van der Waals surface area contributed by atoms with Crippen molar-refractivity contribution in [1.82, 2.24) is 4.98 Å². The van der Waals surface area contributed by atoms with E-state index in [1.807, 2.05) is 0 Å². The highest BCUT2D eigenvalue weighted by Crippen LogP contribution is 2.25. The van der Waals surface area contributed by atoms with Gasteiger partial charge in [0.2, 0.25) is 0 Å². The number of aromatic nitrogens is 1. The third kappa shape index (κ3) is 3.55. The van der Waals surface area contributed by atoms with Crippen LogP contribution >= 0.6 is 11.8 Å². The maximum absolute atomic E-state index is 10.6. The lowest BCUT2D eigenvalue weighted by Crippen LogP contribution is -2.00. The molecule has 0 atom stereocenters. The zero-order valence-electron chi connectivity index (χ0n) is 8.93. The molecule has 15 heavy (non-hydrogen) atoms. The lowest BCUT2D eigenvalue weighted by Gasteiger charge is -2.10. The quantitative estimate of drug-likeness (QED) is 0.782. The molecule has 1 N–H and O–H groups in total. The summed E-state index contributed by atoms with van der Waals surface area (Å²) in [5.74, 6) is -0.929. The number of carboxylic acid groups (broad SMARTS) is 1. The van der Waals surface area contributed by atoms with Gasteiger partial charge in [-0.3, -0.25) is 0 Å². The minimum atomic E-state index is -0.929. The minimum Gasteiger partial charge on any atom is -0.478 e. The van der Waals surface area contributed by atoms with E-state index in [0.29, 0.717) is 5.25 Å². The zero-order chi connectivity index (χ0) is 11.3. The zero-order valence-corrected chi connectivity index (χ0v) is 9.75. The molecule has 0 fully saturated rings. The molecule has 0 amide bonds. The fourth-order valence-electron chi connectivity index (χ4n) is 1.20. The molecule has 3 nitrogen and oxygen atoms in total. The number of nitrogens with zero attached hydrogens (tertiary/aromatic N) is 1.